The summed E-state index contributed by atoms with van der Waals surface area (Å²) in [5.74, 6) is 6.36. The molecule has 5 heteroatoms. The summed E-state index contributed by atoms with van der Waals surface area (Å²) in [5, 5.41) is 4.18. The van der Waals surface area contributed by atoms with Gasteiger partial charge in [-0.2, -0.15) is 0 Å². The maximum Gasteiger partial charge on any atom is 0.288 e. The van der Waals surface area contributed by atoms with Crippen molar-refractivity contribution in [2.45, 2.75) is 20.3 Å². The summed E-state index contributed by atoms with van der Waals surface area (Å²) < 4.78 is 5.21. The summed E-state index contributed by atoms with van der Waals surface area (Å²) in [6, 6.07) is 7.55. The fraction of sp³-hybridized carbons (Fsp3) is 0.286. The highest BCUT2D eigenvalue weighted by molar-refractivity contribution is 5.65. The van der Waals surface area contributed by atoms with E-state index in [1.807, 2.05) is 31.2 Å². The Labute approximate surface area is 111 Å². The summed E-state index contributed by atoms with van der Waals surface area (Å²) in [5.41, 5.74) is 2.90. The van der Waals surface area contributed by atoms with Crippen LogP contribution in [0.4, 0.5) is 0 Å². The summed E-state index contributed by atoms with van der Waals surface area (Å²) in [4.78, 5) is 12.7. The van der Waals surface area contributed by atoms with Gasteiger partial charge in [0.1, 0.15) is 5.75 Å². The van der Waals surface area contributed by atoms with Crippen LogP contribution in [0.1, 0.15) is 18.1 Å². The molecule has 2 aromatic rings. The molecule has 0 atom stereocenters. The van der Waals surface area contributed by atoms with E-state index in [1.165, 1.54) is 0 Å². The summed E-state index contributed by atoms with van der Waals surface area (Å²) in [7, 11) is 1.61. The first-order valence-electron chi connectivity index (χ1n) is 6.10. The summed E-state index contributed by atoms with van der Waals surface area (Å²) >= 11 is 0. The fourth-order valence-electron chi connectivity index (χ4n) is 2.13. The Kier molecular flexibility index (Phi) is 3.55. The molecule has 0 aliphatic rings. The Morgan fingerprint density at radius 1 is 1.42 bits per heavy atom. The average molecular weight is 259 g/mol. The van der Waals surface area contributed by atoms with Crippen molar-refractivity contribution < 1.29 is 4.74 Å². The molecule has 0 fully saturated rings. The smallest absolute Gasteiger partial charge is 0.288 e. The van der Waals surface area contributed by atoms with E-state index < -0.39 is 0 Å². The second kappa shape index (κ2) is 5.14. The first-order valence-corrected chi connectivity index (χ1v) is 6.10. The lowest BCUT2D eigenvalue weighted by Crippen LogP contribution is -2.33. The van der Waals surface area contributed by atoms with Crippen molar-refractivity contribution in [2.24, 2.45) is 0 Å². The number of hydrogen-bond donors (Lipinski definition) is 1. The monoisotopic (exact) mass is 259 g/mol. The summed E-state index contributed by atoms with van der Waals surface area (Å²) in [6.45, 7) is 3.77. The van der Waals surface area contributed by atoms with Crippen molar-refractivity contribution in [3.63, 3.8) is 0 Å². The number of ether oxygens (including phenoxy) is 1. The van der Waals surface area contributed by atoms with Gasteiger partial charge in [0.2, 0.25) is 0 Å². The molecule has 0 bridgehead atoms. The van der Waals surface area contributed by atoms with Gasteiger partial charge in [-0.1, -0.05) is 19.1 Å². The van der Waals surface area contributed by atoms with E-state index in [4.69, 9.17) is 10.6 Å². The highest BCUT2D eigenvalue weighted by Crippen LogP contribution is 2.25. The number of hydrogen-bond acceptors (Lipinski definition) is 4. The maximum atomic E-state index is 11.8. The molecule has 0 saturated carbocycles. The second-order valence-corrected chi connectivity index (χ2v) is 4.29. The number of nitrogens with two attached hydrogens (primary N) is 1. The normalized spacial score (nSPS) is 10.5. The van der Waals surface area contributed by atoms with Crippen LogP contribution in [-0.4, -0.2) is 17.0 Å². The van der Waals surface area contributed by atoms with Gasteiger partial charge >= 0.3 is 0 Å². The van der Waals surface area contributed by atoms with Crippen molar-refractivity contribution in [1.82, 2.24) is 9.89 Å². The molecule has 0 aliphatic carbocycles. The first-order chi connectivity index (χ1) is 9.08. The lowest BCUT2D eigenvalue weighted by atomic mass is 10.0. The van der Waals surface area contributed by atoms with E-state index in [9.17, 15) is 4.79 Å². The minimum absolute atomic E-state index is 0.261. The highest BCUT2D eigenvalue weighted by atomic mass is 16.5. The molecule has 0 radical (unpaired) electrons. The van der Waals surface area contributed by atoms with E-state index in [2.05, 4.69) is 5.10 Å². The Hall–Kier alpha value is -2.30. The molecule has 0 amide bonds. The van der Waals surface area contributed by atoms with Crippen molar-refractivity contribution in [2.75, 3.05) is 13.0 Å². The third-order valence-electron chi connectivity index (χ3n) is 3.17. The quantitative estimate of drug-likeness (QED) is 0.848. The lowest BCUT2D eigenvalue weighted by molar-refractivity contribution is 0.415. The molecule has 0 aliphatic heterocycles. The van der Waals surface area contributed by atoms with Crippen LogP contribution in [0.3, 0.4) is 0 Å². The standard InChI is InChI=1S/C14H17N3O2/c1-4-12-9(2)14(18)17(15)16-13(12)10-6-5-7-11(8-10)19-3/h5-8H,4,15H2,1-3H3. The molecule has 1 aromatic carbocycles. The predicted octanol–water partition coefficient (Wildman–Crippen LogP) is 1.50. The van der Waals surface area contributed by atoms with Gasteiger partial charge in [-0.3, -0.25) is 4.79 Å². The molecule has 2 N–H and O–H groups in total. The minimum Gasteiger partial charge on any atom is -0.497 e. The fourth-order valence-corrected chi connectivity index (χ4v) is 2.13. The summed E-state index contributed by atoms with van der Waals surface area (Å²) in [6.07, 6.45) is 0.724. The Morgan fingerprint density at radius 2 is 2.16 bits per heavy atom. The predicted molar refractivity (Wildman–Crippen MR) is 74.8 cm³/mol. The van der Waals surface area contributed by atoms with Crippen LogP contribution in [0.15, 0.2) is 29.1 Å². The zero-order chi connectivity index (χ0) is 14.0. The van der Waals surface area contributed by atoms with Gasteiger partial charge in [-0.05, 0) is 31.0 Å². The number of benzene rings is 1. The first kappa shape index (κ1) is 13.1. The Bertz CT molecular complexity index is 662. The van der Waals surface area contributed by atoms with E-state index in [0.717, 1.165) is 33.8 Å². The lowest BCUT2D eigenvalue weighted by Gasteiger charge is -2.12. The molecule has 1 heterocycles. The number of methoxy groups -OCH3 is 1. The van der Waals surface area contributed by atoms with Gasteiger partial charge < -0.3 is 10.6 Å². The van der Waals surface area contributed by atoms with Crippen molar-refractivity contribution >= 4 is 0 Å². The zero-order valence-corrected chi connectivity index (χ0v) is 11.3. The molecule has 100 valence electrons. The van der Waals surface area contributed by atoms with E-state index >= 15 is 0 Å². The van der Waals surface area contributed by atoms with Gasteiger partial charge in [0.15, 0.2) is 0 Å². The maximum absolute atomic E-state index is 11.8. The van der Waals surface area contributed by atoms with Crippen molar-refractivity contribution in [3.05, 3.63) is 45.7 Å². The minimum atomic E-state index is -0.261. The number of aromatic nitrogens is 2. The molecular weight excluding hydrogens is 242 g/mol. The topological polar surface area (TPSA) is 70.1 Å². The van der Waals surface area contributed by atoms with E-state index in [0.29, 0.717) is 5.56 Å². The molecular formula is C14H17N3O2. The number of rotatable bonds is 3. The number of nitrogens with zero attached hydrogens (tertiary/aromatic N) is 2. The van der Waals surface area contributed by atoms with Crippen LogP contribution < -0.4 is 16.1 Å². The molecule has 5 nitrogen and oxygen atoms in total. The molecule has 0 unspecified atom stereocenters. The van der Waals surface area contributed by atoms with Crippen LogP contribution in [0.25, 0.3) is 11.3 Å². The third-order valence-corrected chi connectivity index (χ3v) is 3.17. The van der Waals surface area contributed by atoms with Crippen LogP contribution in [0.2, 0.25) is 0 Å². The van der Waals surface area contributed by atoms with E-state index in [1.54, 1.807) is 14.0 Å². The molecule has 19 heavy (non-hydrogen) atoms. The van der Waals surface area contributed by atoms with Gasteiger partial charge in [-0.15, -0.1) is 9.89 Å². The zero-order valence-electron chi connectivity index (χ0n) is 11.3. The van der Waals surface area contributed by atoms with Crippen LogP contribution in [-0.2, 0) is 6.42 Å². The molecule has 2 rings (SSSR count). The Morgan fingerprint density at radius 3 is 2.79 bits per heavy atom. The van der Waals surface area contributed by atoms with Crippen LogP contribution in [0, 0.1) is 6.92 Å². The largest absolute Gasteiger partial charge is 0.497 e. The van der Waals surface area contributed by atoms with Crippen LogP contribution >= 0.6 is 0 Å². The van der Waals surface area contributed by atoms with Gasteiger partial charge in [0, 0.05) is 11.1 Å². The van der Waals surface area contributed by atoms with Crippen molar-refractivity contribution in [3.8, 4) is 17.0 Å². The van der Waals surface area contributed by atoms with Gasteiger partial charge in [0.05, 0.1) is 12.8 Å². The van der Waals surface area contributed by atoms with Crippen molar-refractivity contribution in [1.29, 1.82) is 0 Å². The molecule has 0 saturated heterocycles. The SMILES string of the molecule is CCc1c(-c2cccc(OC)c2)nn(N)c(=O)c1C. The van der Waals surface area contributed by atoms with Gasteiger partial charge in [0.25, 0.3) is 5.56 Å². The average Bonchev–Trinajstić information content (AvgIpc) is 2.44. The van der Waals surface area contributed by atoms with Gasteiger partial charge in [-0.25, -0.2) is 0 Å². The molecule has 0 spiro atoms. The highest BCUT2D eigenvalue weighted by Gasteiger charge is 2.13. The van der Waals surface area contributed by atoms with E-state index in [-0.39, 0.29) is 5.56 Å². The van der Waals surface area contributed by atoms with Crippen LogP contribution in [0.5, 0.6) is 5.75 Å². The molecule has 1 aromatic heterocycles. The Balaban J connectivity index is 2.70. The third kappa shape index (κ3) is 2.31. The number of nitrogen functional groups attached to an aromatic ring is 1. The second-order valence-electron chi connectivity index (χ2n) is 4.29.